The van der Waals surface area contributed by atoms with Crippen molar-refractivity contribution in [2.45, 2.75) is 10.6 Å². The van der Waals surface area contributed by atoms with E-state index in [1.54, 1.807) is 24.0 Å². The molecule has 0 atom stereocenters. The topological polar surface area (TPSA) is 89.1 Å². The molecule has 0 spiro atoms. The summed E-state index contributed by atoms with van der Waals surface area (Å²) < 4.78 is 10.9. The summed E-state index contributed by atoms with van der Waals surface area (Å²) in [5.74, 6) is 2.39. The number of halogens is 1. The fourth-order valence-corrected chi connectivity index (χ4v) is 5.09. The van der Waals surface area contributed by atoms with Crippen LogP contribution >= 0.6 is 23.4 Å². The lowest BCUT2D eigenvalue weighted by molar-refractivity contribution is 0.174. The second-order valence-corrected chi connectivity index (χ2v) is 9.55. The average molecular weight is 515 g/mol. The molecule has 7 nitrogen and oxygen atoms in total. The lowest BCUT2D eigenvalue weighted by atomic mass is 10.1. The molecule has 0 bridgehead atoms. The van der Waals surface area contributed by atoms with Crippen LogP contribution in [0.2, 0.25) is 5.02 Å². The van der Waals surface area contributed by atoms with Crippen molar-refractivity contribution in [1.29, 1.82) is 0 Å². The van der Waals surface area contributed by atoms with Crippen LogP contribution in [-0.4, -0.2) is 21.7 Å². The van der Waals surface area contributed by atoms with Gasteiger partial charge >= 0.3 is 0 Å². The number of hydrogen-bond donors (Lipinski definition) is 2. The maximum absolute atomic E-state index is 12.6. The largest absolute Gasteiger partial charge is 0.454 e. The Morgan fingerprint density at radius 1 is 1.00 bits per heavy atom. The standard InChI is InChI=1S/C27H19ClN4O3S/c28-19-6-7-20-17(12-19)11-18(26(33)30-20)14-36-25-4-2-1-3-22(25)32-27-29-10-9-21(31-27)16-5-8-23-24(13-16)35-15-34-23/h1-13H,14-15H2,(H,30,33)(H,29,31,32). The van der Waals surface area contributed by atoms with Gasteiger partial charge < -0.3 is 19.8 Å². The first-order valence-electron chi connectivity index (χ1n) is 11.2. The lowest BCUT2D eigenvalue weighted by Gasteiger charge is -2.12. The van der Waals surface area contributed by atoms with E-state index in [0.717, 1.165) is 38.5 Å². The monoisotopic (exact) mass is 514 g/mol. The highest BCUT2D eigenvalue weighted by Gasteiger charge is 2.15. The predicted molar refractivity (Wildman–Crippen MR) is 142 cm³/mol. The van der Waals surface area contributed by atoms with Gasteiger partial charge in [-0.3, -0.25) is 4.79 Å². The van der Waals surface area contributed by atoms with Gasteiger partial charge in [0.2, 0.25) is 12.7 Å². The number of anilines is 2. The third kappa shape index (κ3) is 4.60. The smallest absolute Gasteiger partial charge is 0.252 e. The van der Waals surface area contributed by atoms with E-state index in [0.29, 0.717) is 28.0 Å². The van der Waals surface area contributed by atoms with Crippen molar-refractivity contribution < 1.29 is 9.47 Å². The average Bonchev–Trinajstić information content (AvgIpc) is 3.37. The van der Waals surface area contributed by atoms with E-state index in [-0.39, 0.29) is 12.4 Å². The third-order valence-electron chi connectivity index (χ3n) is 5.72. The maximum Gasteiger partial charge on any atom is 0.252 e. The number of nitrogens with zero attached hydrogens (tertiary/aromatic N) is 2. The molecule has 1 aliphatic heterocycles. The van der Waals surface area contributed by atoms with Crippen LogP contribution in [0.1, 0.15) is 5.56 Å². The zero-order chi connectivity index (χ0) is 24.5. The number of aromatic amines is 1. The van der Waals surface area contributed by atoms with E-state index in [1.807, 2.05) is 66.7 Å². The molecule has 0 fully saturated rings. The molecule has 1 aliphatic rings. The Kier molecular flexibility index (Phi) is 5.96. The molecular weight excluding hydrogens is 496 g/mol. The highest BCUT2D eigenvalue weighted by Crippen LogP contribution is 2.36. The van der Waals surface area contributed by atoms with Gasteiger partial charge in [0, 0.05) is 38.5 Å². The van der Waals surface area contributed by atoms with E-state index in [4.69, 9.17) is 21.1 Å². The van der Waals surface area contributed by atoms with Gasteiger partial charge in [0.25, 0.3) is 5.56 Å². The maximum atomic E-state index is 12.6. The first-order valence-corrected chi connectivity index (χ1v) is 12.5. The summed E-state index contributed by atoms with van der Waals surface area (Å²) in [6.45, 7) is 0.225. The van der Waals surface area contributed by atoms with Gasteiger partial charge in [-0.05, 0) is 66.0 Å². The molecule has 9 heteroatoms. The molecule has 0 aliphatic carbocycles. The molecule has 2 aromatic heterocycles. The summed E-state index contributed by atoms with van der Waals surface area (Å²) in [5, 5.41) is 4.85. The SMILES string of the molecule is O=c1[nH]c2ccc(Cl)cc2cc1CSc1ccccc1Nc1nccc(-c2ccc3c(c2)OCO3)n1. The van der Waals surface area contributed by atoms with Crippen molar-refractivity contribution in [3.8, 4) is 22.8 Å². The van der Waals surface area contributed by atoms with E-state index in [2.05, 4.69) is 20.3 Å². The Hall–Kier alpha value is -4.01. The summed E-state index contributed by atoms with van der Waals surface area (Å²) in [4.78, 5) is 25.6. The number of fused-ring (bicyclic) bond motifs is 2. The number of aromatic nitrogens is 3. The van der Waals surface area contributed by atoms with Crippen molar-refractivity contribution in [3.05, 3.63) is 99.9 Å². The number of thioether (sulfide) groups is 1. The molecule has 0 saturated heterocycles. The van der Waals surface area contributed by atoms with Gasteiger partial charge in [-0.2, -0.15) is 0 Å². The Balaban J connectivity index is 1.23. The number of ether oxygens (including phenoxy) is 2. The zero-order valence-electron chi connectivity index (χ0n) is 18.8. The fourth-order valence-electron chi connectivity index (χ4n) is 3.94. The molecule has 6 rings (SSSR count). The summed E-state index contributed by atoms with van der Waals surface area (Å²) in [7, 11) is 0. The Morgan fingerprint density at radius 3 is 2.83 bits per heavy atom. The first-order chi connectivity index (χ1) is 17.6. The van der Waals surface area contributed by atoms with Gasteiger partial charge in [-0.25, -0.2) is 9.97 Å². The van der Waals surface area contributed by atoms with Gasteiger partial charge in [-0.1, -0.05) is 23.7 Å². The second-order valence-electron chi connectivity index (χ2n) is 8.10. The molecule has 0 saturated carbocycles. The Morgan fingerprint density at radius 2 is 1.89 bits per heavy atom. The summed E-state index contributed by atoms with van der Waals surface area (Å²) in [6.07, 6.45) is 1.71. The van der Waals surface area contributed by atoms with Gasteiger partial charge in [0.1, 0.15) is 0 Å². The normalized spacial score (nSPS) is 12.1. The lowest BCUT2D eigenvalue weighted by Crippen LogP contribution is -2.11. The number of hydrogen-bond acceptors (Lipinski definition) is 7. The molecule has 3 heterocycles. The minimum Gasteiger partial charge on any atom is -0.454 e. The number of para-hydroxylation sites is 1. The van der Waals surface area contributed by atoms with Gasteiger partial charge in [0.15, 0.2) is 11.5 Å². The fraction of sp³-hybridized carbons (Fsp3) is 0.0741. The third-order valence-corrected chi connectivity index (χ3v) is 7.08. The van der Waals surface area contributed by atoms with E-state index >= 15 is 0 Å². The Labute approximate surface area is 215 Å². The molecule has 0 amide bonds. The second kappa shape index (κ2) is 9.56. The van der Waals surface area contributed by atoms with Gasteiger partial charge in [0.05, 0.1) is 11.4 Å². The predicted octanol–water partition coefficient (Wildman–Crippen LogP) is 6.40. The van der Waals surface area contributed by atoms with Crippen molar-refractivity contribution >= 4 is 45.9 Å². The van der Waals surface area contributed by atoms with E-state index in [1.165, 1.54) is 0 Å². The molecule has 0 unspecified atom stereocenters. The van der Waals surface area contributed by atoms with Gasteiger partial charge in [-0.15, -0.1) is 11.8 Å². The van der Waals surface area contributed by atoms with Crippen LogP contribution in [0, 0.1) is 0 Å². The van der Waals surface area contributed by atoms with Crippen molar-refractivity contribution in [3.63, 3.8) is 0 Å². The number of nitrogens with one attached hydrogen (secondary N) is 2. The molecule has 0 radical (unpaired) electrons. The molecule has 36 heavy (non-hydrogen) atoms. The van der Waals surface area contributed by atoms with E-state index in [9.17, 15) is 4.79 Å². The van der Waals surface area contributed by atoms with Crippen molar-refractivity contribution in [1.82, 2.24) is 15.0 Å². The summed E-state index contributed by atoms with van der Waals surface area (Å²) in [6, 6.07) is 22.8. The van der Waals surface area contributed by atoms with Crippen molar-refractivity contribution in [2.24, 2.45) is 0 Å². The van der Waals surface area contributed by atoms with Crippen LogP contribution in [0.25, 0.3) is 22.2 Å². The molecule has 5 aromatic rings. The van der Waals surface area contributed by atoms with Crippen LogP contribution in [0.15, 0.2) is 88.7 Å². The quantitative estimate of drug-likeness (QED) is 0.253. The van der Waals surface area contributed by atoms with Crippen molar-refractivity contribution in [2.75, 3.05) is 12.1 Å². The summed E-state index contributed by atoms with van der Waals surface area (Å²) in [5.41, 5.74) is 3.85. The number of rotatable bonds is 6. The summed E-state index contributed by atoms with van der Waals surface area (Å²) >= 11 is 7.69. The zero-order valence-corrected chi connectivity index (χ0v) is 20.4. The van der Waals surface area contributed by atoms with Crippen LogP contribution in [-0.2, 0) is 5.75 Å². The van der Waals surface area contributed by atoms with E-state index < -0.39 is 0 Å². The van der Waals surface area contributed by atoms with Crippen LogP contribution < -0.4 is 20.3 Å². The Bertz CT molecular complexity index is 1660. The highest BCUT2D eigenvalue weighted by atomic mass is 35.5. The minimum atomic E-state index is -0.109. The van der Waals surface area contributed by atoms with Crippen LogP contribution in [0.3, 0.4) is 0 Å². The number of benzene rings is 3. The van der Waals surface area contributed by atoms with Crippen LogP contribution in [0.4, 0.5) is 11.6 Å². The molecule has 178 valence electrons. The highest BCUT2D eigenvalue weighted by molar-refractivity contribution is 7.98. The number of H-pyrrole nitrogens is 1. The number of pyridine rings is 1. The molecule has 3 aromatic carbocycles. The molecule has 2 N–H and O–H groups in total. The van der Waals surface area contributed by atoms with Crippen LogP contribution in [0.5, 0.6) is 11.5 Å². The first kappa shape index (κ1) is 22.5. The minimum absolute atomic E-state index is 0.109. The molecular formula is C27H19ClN4O3S.